The number of anilines is 1. The van der Waals surface area contributed by atoms with E-state index in [1.54, 1.807) is 6.07 Å². The summed E-state index contributed by atoms with van der Waals surface area (Å²) in [7, 11) is 0. The molecular weight excluding hydrogens is 234 g/mol. The molecule has 0 radical (unpaired) electrons. The lowest BCUT2D eigenvalue weighted by molar-refractivity contribution is 0.473. The molecule has 1 aromatic carbocycles. The van der Waals surface area contributed by atoms with Crippen molar-refractivity contribution in [2.45, 2.75) is 26.7 Å². The summed E-state index contributed by atoms with van der Waals surface area (Å²) in [5.41, 5.74) is 7.43. The lowest BCUT2D eigenvalue weighted by Crippen LogP contribution is -1.92. The van der Waals surface area contributed by atoms with Crippen LogP contribution in [0.25, 0.3) is 0 Å². The third-order valence-electron chi connectivity index (χ3n) is 2.35. The molecule has 0 atom stereocenters. The topological polar surface area (TPSA) is 61.0 Å². The van der Waals surface area contributed by atoms with Gasteiger partial charge in [-0.2, -0.15) is 9.36 Å². The highest BCUT2D eigenvalue weighted by Crippen LogP contribution is 2.29. The van der Waals surface area contributed by atoms with Gasteiger partial charge in [0.25, 0.3) is 5.19 Å². The summed E-state index contributed by atoms with van der Waals surface area (Å²) in [6.07, 6.45) is 0. The molecule has 90 valence electrons. The largest absolute Gasteiger partial charge is 0.429 e. The molecule has 0 amide bonds. The third kappa shape index (κ3) is 2.74. The molecule has 0 saturated heterocycles. The van der Waals surface area contributed by atoms with Gasteiger partial charge < -0.3 is 10.5 Å². The van der Waals surface area contributed by atoms with Crippen molar-refractivity contribution in [2.24, 2.45) is 0 Å². The standard InChI is InChI=1S/C12H15N3OS/c1-7(2)11-14-12(17-15-11)16-10-6-9(13)5-4-8(10)3/h4-7H,13H2,1-3H3. The monoisotopic (exact) mass is 249 g/mol. The maximum atomic E-state index is 5.72. The Kier molecular flexibility index (Phi) is 3.28. The van der Waals surface area contributed by atoms with Gasteiger partial charge in [0.1, 0.15) is 11.6 Å². The lowest BCUT2D eigenvalue weighted by Gasteiger charge is -2.05. The van der Waals surface area contributed by atoms with E-state index in [0.29, 0.717) is 16.8 Å². The number of hydrogen-bond acceptors (Lipinski definition) is 5. The van der Waals surface area contributed by atoms with Crippen molar-refractivity contribution in [1.82, 2.24) is 9.36 Å². The number of nitrogens with two attached hydrogens (primary N) is 1. The molecule has 0 saturated carbocycles. The maximum absolute atomic E-state index is 5.72. The Hall–Kier alpha value is -1.62. The van der Waals surface area contributed by atoms with Gasteiger partial charge in [0.05, 0.1) is 0 Å². The first-order valence-corrected chi connectivity index (χ1v) is 6.21. The van der Waals surface area contributed by atoms with E-state index in [1.165, 1.54) is 11.5 Å². The van der Waals surface area contributed by atoms with Crippen LogP contribution in [0, 0.1) is 6.92 Å². The molecule has 0 spiro atoms. The van der Waals surface area contributed by atoms with Gasteiger partial charge in [-0.05, 0) is 18.6 Å². The molecule has 0 unspecified atom stereocenters. The smallest absolute Gasteiger partial charge is 0.298 e. The van der Waals surface area contributed by atoms with Gasteiger partial charge in [0.2, 0.25) is 0 Å². The van der Waals surface area contributed by atoms with Crippen LogP contribution in [0.1, 0.15) is 31.2 Å². The van der Waals surface area contributed by atoms with Crippen molar-refractivity contribution >= 4 is 17.2 Å². The van der Waals surface area contributed by atoms with Gasteiger partial charge >= 0.3 is 0 Å². The Morgan fingerprint density at radius 1 is 1.35 bits per heavy atom. The van der Waals surface area contributed by atoms with E-state index in [9.17, 15) is 0 Å². The van der Waals surface area contributed by atoms with E-state index in [1.807, 2.05) is 19.1 Å². The normalized spacial score (nSPS) is 10.8. The fourth-order valence-electron chi connectivity index (χ4n) is 1.32. The Labute approximate surface area is 105 Å². The molecule has 1 aromatic heterocycles. The number of ether oxygens (including phenoxy) is 1. The van der Waals surface area contributed by atoms with Crippen LogP contribution in [0.5, 0.6) is 10.9 Å². The molecule has 4 nitrogen and oxygen atoms in total. The molecule has 1 heterocycles. The zero-order valence-corrected chi connectivity index (χ0v) is 10.9. The van der Waals surface area contributed by atoms with Crippen LogP contribution in [0.2, 0.25) is 0 Å². The van der Waals surface area contributed by atoms with E-state index >= 15 is 0 Å². The van der Waals surface area contributed by atoms with Gasteiger partial charge in [-0.15, -0.1) is 0 Å². The molecule has 0 fully saturated rings. The average molecular weight is 249 g/mol. The summed E-state index contributed by atoms with van der Waals surface area (Å²) >= 11 is 1.26. The molecule has 2 rings (SSSR count). The minimum absolute atomic E-state index is 0.311. The van der Waals surface area contributed by atoms with Crippen molar-refractivity contribution in [1.29, 1.82) is 0 Å². The highest BCUT2D eigenvalue weighted by molar-refractivity contribution is 7.07. The molecular formula is C12H15N3OS. The second-order valence-electron chi connectivity index (χ2n) is 4.20. The number of rotatable bonds is 3. The van der Waals surface area contributed by atoms with Gasteiger partial charge in [0.15, 0.2) is 0 Å². The van der Waals surface area contributed by atoms with E-state index in [2.05, 4.69) is 23.2 Å². The van der Waals surface area contributed by atoms with Crippen molar-refractivity contribution in [3.8, 4) is 10.9 Å². The van der Waals surface area contributed by atoms with Gasteiger partial charge in [-0.3, -0.25) is 0 Å². The van der Waals surface area contributed by atoms with Crippen LogP contribution >= 0.6 is 11.5 Å². The van der Waals surface area contributed by atoms with Gasteiger partial charge in [-0.1, -0.05) is 19.9 Å². The molecule has 2 N–H and O–H groups in total. The number of benzene rings is 1. The van der Waals surface area contributed by atoms with E-state index in [-0.39, 0.29) is 0 Å². The average Bonchev–Trinajstić information content (AvgIpc) is 2.72. The number of aryl methyl sites for hydroxylation is 1. The van der Waals surface area contributed by atoms with Gasteiger partial charge in [-0.25, -0.2) is 0 Å². The highest BCUT2D eigenvalue weighted by atomic mass is 32.1. The van der Waals surface area contributed by atoms with Crippen molar-refractivity contribution in [3.05, 3.63) is 29.6 Å². The predicted octanol–water partition coefficient (Wildman–Crippen LogP) is 3.34. The first kappa shape index (κ1) is 11.9. The molecule has 0 aliphatic rings. The summed E-state index contributed by atoms with van der Waals surface area (Å²) in [6.45, 7) is 6.08. The van der Waals surface area contributed by atoms with Gasteiger partial charge in [0, 0.05) is 29.2 Å². The SMILES string of the molecule is Cc1ccc(N)cc1Oc1nc(C(C)C)ns1. The van der Waals surface area contributed by atoms with Crippen LogP contribution in [0.4, 0.5) is 5.69 Å². The first-order valence-electron chi connectivity index (χ1n) is 5.44. The van der Waals surface area contributed by atoms with Crippen molar-refractivity contribution in [3.63, 3.8) is 0 Å². The zero-order valence-electron chi connectivity index (χ0n) is 10.1. The van der Waals surface area contributed by atoms with Crippen LogP contribution in [-0.2, 0) is 0 Å². The fourth-order valence-corrected chi connectivity index (χ4v) is 2.00. The molecule has 0 aliphatic carbocycles. The molecule has 0 aliphatic heterocycles. The summed E-state index contributed by atoms with van der Waals surface area (Å²) in [5.74, 6) is 1.86. The van der Waals surface area contributed by atoms with E-state index in [4.69, 9.17) is 10.5 Å². The van der Waals surface area contributed by atoms with E-state index < -0.39 is 0 Å². The molecule has 17 heavy (non-hydrogen) atoms. The third-order valence-corrected chi connectivity index (χ3v) is 2.96. The number of hydrogen-bond donors (Lipinski definition) is 1. The summed E-state index contributed by atoms with van der Waals surface area (Å²) in [4.78, 5) is 4.32. The molecule has 2 aromatic rings. The fraction of sp³-hybridized carbons (Fsp3) is 0.333. The number of nitrogens with zero attached hydrogens (tertiary/aromatic N) is 2. The first-order chi connectivity index (χ1) is 8.06. The van der Waals surface area contributed by atoms with Crippen molar-refractivity contribution < 1.29 is 4.74 Å². The van der Waals surface area contributed by atoms with Crippen LogP contribution in [0.15, 0.2) is 18.2 Å². The molecule has 0 bridgehead atoms. The molecule has 5 heteroatoms. The summed E-state index contributed by atoms with van der Waals surface area (Å²) in [5, 5.41) is 0.558. The Morgan fingerprint density at radius 2 is 2.12 bits per heavy atom. The summed E-state index contributed by atoms with van der Waals surface area (Å²) in [6, 6.07) is 5.57. The van der Waals surface area contributed by atoms with Crippen LogP contribution in [0.3, 0.4) is 0 Å². The van der Waals surface area contributed by atoms with Crippen molar-refractivity contribution in [2.75, 3.05) is 5.73 Å². The minimum Gasteiger partial charge on any atom is -0.429 e. The Balaban J connectivity index is 2.22. The Bertz CT molecular complexity index is 522. The number of nitrogen functional groups attached to an aromatic ring is 1. The lowest BCUT2D eigenvalue weighted by atomic mass is 10.2. The second-order valence-corrected chi connectivity index (χ2v) is 4.91. The van der Waals surface area contributed by atoms with E-state index in [0.717, 1.165) is 17.1 Å². The van der Waals surface area contributed by atoms with Crippen LogP contribution < -0.4 is 10.5 Å². The second kappa shape index (κ2) is 4.71. The highest BCUT2D eigenvalue weighted by Gasteiger charge is 2.10. The zero-order chi connectivity index (χ0) is 12.4. The number of aromatic nitrogens is 2. The maximum Gasteiger partial charge on any atom is 0.298 e. The summed E-state index contributed by atoms with van der Waals surface area (Å²) < 4.78 is 9.92. The predicted molar refractivity (Wildman–Crippen MR) is 69.7 cm³/mol. The van der Waals surface area contributed by atoms with Crippen LogP contribution in [-0.4, -0.2) is 9.36 Å². The quantitative estimate of drug-likeness (QED) is 0.847. The minimum atomic E-state index is 0.311. The Morgan fingerprint density at radius 3 is 2.76 bits per heavy atom.